The number of hydrogen-bond acceptors (Lipinski definition) is 5. The summed E-state index contributed by atoms with van der Waals surface area (Å²) in [6.45, 7) is 3.10. The minimum atomic E-state index is -0.365. The van der Waals surface area contributed by atoms with Crippen molar-refractivity contribution in [2.75, 3.05) is 12.3 Å². The topological polar surface area (TPSA) is 99.3 Å². The van der Waals surface area contributed by atoms with Crippen LogP contribution in [0.15, 0.2) is 30.3 Å². The third-order valence-electron chi connectivity index (χ3n) is 3.83. The van der Waals surface area contributed by atoms with Gasteiger partial charge in [-0.05, 0) is 12.0 Å². The van der Waals surface area contributed by atoms with Crippen LogP contribution in [0.2, 0.25) is 0 Å². The number of nitrogens with one attached hydrogen (secondary N) is 4. The number of carbonyl (C=O) groups is 3. The standard InChI is InChI=1S/C18H26N4O3S/c1-2-8-19-17(25)12-26-18-21-14(10-16(24)22-18)9-15(23)20-11-13-6-4-3-5-7-13/h3-7,14,18,21H,2,8-12H2,1H3,(H,19,25)(H,20,23)(H,22,24). The number of hydrogen-bond donors (Lipinski definition) is 4. The molecule has 2 rings (SSSR count). The molecule has 1 aliphatic rings. The van der Waals surface area contributed by atoms with Gasteiger partial charge in [-0.1, -0.05) is 37.3 Å². The van der Waals surface area contributed by atoms with Gasteiger partial charge in [-0.3, -0.25) is 19.7 Å². The Labute approximate surface area is 158 Å². The molecule has 0 aromatic heterocycles. The van der Waals surface area contributed by atoms with Crippen molar-refractivity contribution >= 4 is 29.5 Å². The van der Waals surface area contributed by atoms with Crippen molar-refractivity contribution in [1.82, 2.24) is 21.3 Å². The summed E-state index contributed by atoms with van der Waals surface area (Å²) in [6.07, 6.45) is 1.35. The summed E-state index contributed by atoms with van der Waals surface area (Å²) in [5.74, 6) is -0.0255. The monoisotopic (exact) mass is 378 g/mol. The predicted molar refractivity (Wildman–Crippen MR) is 102 cm³/mol. The van der Waals surface area contributed by atoms with Crippen LogP contribution in [0.25, 0.3) is 0 Å². The van der Waals surface area contributed by atoms with Crippen LogP contribution < -0.4 is 21.3 Å². The number of thioether (sulfide) groups is 1. The van der Waals surface area contributed by atoms with Crippen molar-refractivity contribution in [2.24, 2.45) is 0 Å². The van der Waals surface area contributed by atoms with E-state index >= 15 is 0 Å². The van der Waals surface area contributed by atoms with Crippen LogP contribution in [0.1, 0.15) is 31.7 Å². The minimum absolute atomic E-state index is 0.0596. The molecule has 0 radical (unpaired) electrons. The lowest BCUT2D eigenvalue weighted by Crippen LogP contribution is -2.56. The summed E-state index contributed by atoms with van der Waals surface area (Å²) < 4.78 is 0. The van der Waals surface area contributed by atoms with Crippen molar-refractivity contribution < 1.29 is 14.4 Å². The van der Waals surface area contributed by atoms with Gasteiger partial charge in [0.1, 0.15) is 5.50 Å². The molecule has 7 nitrogen and oxygen atoms in total. The van der Waals surface area contributed by atoms with E-state index in [9.17, 15) is 14.4 Å². The summed E-state index contributed by atoms with van der Waals surface area (Å²) >= 11 is 1.31. The van der Waals surface area contributed by atoms with Crippen molar-refractivity contribution in [1.29, 1.82) is 0 Å². The second kappa shape index (κ2) is 10.8. The van der Waals surface area contributed by atoms with Crippen molar-refractivity contribution in [2.45, 2.75) is 44.3 Å². The quantitative estimate of drug-likeness (QED) is 0.507. The Morgan fingerprint density at radius 1 is 1.19 bits per heavy atom. The lowest BCUT2D eigenvalue weighted by molar-refractivity contribution is -0.125. The van der Waals surface area contributed by atoms with E-state index in [2.05, 4.69) is 21.3 Å². The number of carbonyl (C=O) groups excluding carboxylic acids is 3. The average molecular weight is 378 g/mol. The molecule has 4 N–H and O–H groups in total. The maximum Gasteiger partial charge on any atom is 0.230 e. The van der Waals surface area contributed by atoms with Gasteiger partial charge in [-0.2, -0.15) is 0 Å². The zero-order valence-corrected chi connectivity index (χ0v) is 15.7. The molecule has 0 saturated carbocycles. The molecular weight excluding hydrogens is 352 g/mol. The van der Waals surface area contributed by atoms with E-state index in [1.165, 1.54) is 11.8 Å². The molecule has 26 heavy (non-hydrogen) atoms. The first-order chi connectivity index (χ1) is 12.6. The molecule has 8 heteroatoms. The van der Waals surface area contributed by atoms with Gasteiger partial charge in [0.15, 0.2) is 0 Å². The van der Waals surface area contributed by atoms with E-state index in [0.29, 0.717) is 13.1 Å². The van der Waals surface area contributed by atoms with Gasteiger partial charge >= 0.3 is 0 Å². The van der Waals surface area contributed by atoms with Crippen molar-refractivity contribution in [3.05, 3.63) is 35.9 Å². The van der Waals surface area contributed by atoms with E-state index in [1.54, 1.807) is 0 Å². The van der Waals surface area contributed by atoms with Crippen molar-refractivity contribution in [3.63, 3.8) is 0 Å². The minimum Gasteiger partial charge on any atom is -0.355 e. The second-order valence-corrected chi connectivity index (χ2v) is 7.24. The third kappa shape index (κ3) is 7.45. The number of benzene rings is 1. The predicted octanol–water partition coefficient (Wildman–Crippen LogP) is 0.714. The smallest absolute Gasteiger partial charge is 0.230 e. The summed E-state index contributed by atoms with van der Waals surface area (Å²) in [6, 6.07) is 9.43. The fourth-order valence-corrected chi connectivity index (χ4v) is 3.45. The van der Waals surface area contributed by atoms with Crippen molar-refractivity contribution in [3.8, 4) is 0 Å². The lowest BCUT2D eigenvalue weighted by atomic mass is 10.1. The van der Waals surface area contributed by atoms with E-state index in [-0.39, 0.29) is 47.9 Å². The van der Waals surface area contributed by atoms with Gasteiger partial charge in [0.2, 0.25) is 17.7 Å². The van der Waals surface area contributed by atoms with E-state index < -0.39 is 0 Å². The highest BCUT2D eigenvalue weighted by Crippen LogP contribution is 2.14. The number of amides is 3. The van der Waals surface area contributed by atoms with Crippen LogP contribution in [0.3, 0.4) is 0 Å². The van der Waals surface area contributed by atoms with Crippen LogP contribution in [0.4, 0.5) is 0 Å². The fourth-order valence-electron chi connectivity index (χ4n) is 2.53. The molecule has 1 fully saturated rings. The fraction of sp³-hybridized carbons (Fsp3) is 0.500. The molecule has 1 heterocycles. The molecule has 0 aliphatic carbocycles. The second-order valence-electron chi connectivity index (χ2n) is 6.14. The maximum absolute atomic E-state index is 12.1. The lowest BCUT2D eigenvalue weighted by Gasteiger charge is -2.30. The largest absolute Gasteiger partial charge is 0.355 e. The Bertz CT molecular complexity index is 612. The van der Waals surface area contributed by atoms with Gasteiger partial charge in [0.05, 0.1) is 5.75 Å². The van der Waals surface area contributed by atoms with E-state index in [4.69, 9.17) is 0 Å². The normalized spacial score (nSPS) is 19.5. The average Bonchev–Trinajstić information content (AvgIpc) is 2.63. The summed E-state index contributed by atoms with van der Waals surface area (Å²) in [7, 11) is 0. The third-order valence-corrected chi connectivity index (χ3v) is 4.84. The van der Waals surface area contributed by atoms with Gasteiger partial charge in [-0.15, -0.1) is 11.8 Å². The Morgan fingerprint density at radius 3 is 2.69 bits per heavy atom. The first-order valence-electron chi connectivity index (χ1n) is 8.81. The highest BCUT2D eigenvalue weighted by Gasteiger charge is 2.27. The number of rotatable bonds is 9. The molecule has 142 valence electrons. The highest BCUT2D eigenvalue weighted by molar-refractivity contribution is 8.00. The van der Waals surface area contributed by atoms with Gasteiger partial charge in [0.25, 0.3) is 0 Å². The van der Waals surface area contributed by atoms with Crippen LogP contribution >= 0.6 is 11.8 Å². The molecule has 1 aliphatic heterocycles. The van der Waals surface area contributed by atoms with Gasteiger partial charge in [-0.25, -0.2) is 0 Å². The summed E-state index contributed by atoms with van der Waals surface area (Å²) in [5, 5.41) is 11.7. The Morgan fingerprint density at radius 2 is 1.96 bits per heavy atom. The molecule has 3 amide bonds. The molecule has 2 atom stereocenters. The van der Waals surface area contributed by atoms with E-state index in [0.717, 1.165) is 12.0 Å². The SMILES string of the molecule is CCCNC(=O)CSC1NC(=O)CC(CC(=O)NCc2ccccc2)N1. The highest BCUT2D eigenvalue weighted by atomic mass is 32.2. The Hall–Kier alpha value is -2.06. The summed E-state index contributed by atoms with van der Waals surface area (Å²) in [5.41, 5.74) is 0.664. The molecule has 0 bridgehead atoms. The Kier molecular flexibility index (Phi) is 8.43. The molecule has 1 aromatic carbocycles. The van der Waals surface area contributed by atoms with Gasteiger partial charge in [0, 0.05) is 32.0 Å². The molecule has 1 saturated heterocycles. The van der Waals surface area contributed by atoms with E-state index in [1.807, 2.05) is 37.3 Å². The molecule has 1 aromatic rings. The molecule has 2 unspecified atom stereocenters. The molecule has 0 spiro atoms. The summed E-state index contributed by atoms with van der Waals surface area (Å²) in [4.78, 5) is 35.7. The first-order valence-corrected chi connectivity index (χ1v) is 9.86. The Balaban J connectivity index is 1.73. The zero-order chi connectivity index (χ0) is 18.8. The maximum atomic E-state index is 12.1. The van der Waals surface area contributed by atoms with Gasteiger partial charge < -0.3 is 16.0 Å². The first kappa shape index (κ1) is 20.3. The molecular formula is C18H26N4O3S. The van der Waals surface area contributed by atoms with Crippen LogP contribution in [-0.2, 0) is 20.9 Å². The zero-order valence-electron chi connectivity index (χ0n) is 14.9. The van der Waals surface area contributed by atoms with Crippen LogP contribution in [0, 0.1) is 0 Å². The van der Waals surface area contributed by atoms with Crippen LogP contribution in [0.5, 0.6) is 0 Å². The van der Waals surface area contributed by atoms with Crippen LogP contribution in [-0.4, -0.2) is 41.6 Å².